The second-order valence-corrected chi connectivity index (χ2v) is 5.68. The van der Waals surface area contributed by atoms with Crippen molar-refractivity contribution in [2.24, 2.45) is 0 Å². The molecule has 1 heterocycles. The first-order valence-electron chi connectivity index (χ1n) is 8.13. The van der Waals surface area contributed by atoms with Crippen molar-refractivity contribution in [3.63, 3.8) is 0 Å². The van der Waals surface area contributed by atoms with Crippen molar-refractivity contribution in [2.75, 3.05) is 0 Å². The number of ether oxygens (including phenoxy) is 1. The van der Waals surface area contributed by atoms with Crippen LogP contribution in [0.3, 0.4) is 0 Å². The number of carboxylic acid groups (broad SMARTS) is 1. The average molecular weight is 378 g/mol. The summed E-state index contributed by atoms with van der Waals surface area (Å²) >= 11 is 0. The summed E-state index contributed by atoms with van der Waals surface area (Å²) in [6.45, 7) is -0.0591. The number of carbonyl (C=O) groups is 5. The lowest BCUT2D eigenvalue weighted by molar-refractivity contribution is -0.199. The van der Waals surface area contributed by atoms with Crippen LogP contribution < -0.4 is 5.32 Å². The van der Waals surface area contributed by atoms with Gasteiger partial charge in [0, 0.05) is 19.3 Å². The summed E-state index contributed by atoms with van der Waals surface area (Å²) in [5.41, 5.74) is 0.713. The molecule has 1 fully saturated rings. The van der Waals surface area contributed by atoms with Gasteiger partial charge in [-0.05, 0) is 12.0 Å². The van der Waals surface area contributed by atoms with Gasteiger partial charge in [0.1, 0.15) is 12.6 Å². The van der Waals surface area contributed by atoms with Crippen molar-refractivity contribution in [3.05, 3.63) is 35.9 Å². The fourth-order valence-corrected chi connectivity index (χ4v) is 2.24. The fourth-order valence-electron chi connectivity index (χ4n) is 2.24. The standard InChI is InChI=1S/C17H18N2O8/c20-13-7-8-14(21)19(13)27-16(24)12(6-9-15(22)23)18-17(25)26-10-11-4-2-1-3-5-11/h1-5,12H,6-10H2,(H,18,25)(H,22,23)/t12-/m0/s1. The van der Waals surface area contributed by atoms with Crippen molar-refractivity contribution in [1.29, 1.82) is 0 Å². The van der Waals surface area contributed by atoms with Crippen LogP contribution in [0.1, 0.15) is 31.2 Å². The third-order valence-electron chi connectivity index (χ3n) is 3.62. The van der Waals surface area contributed by atoms with E-state index in [9.17, 15) is 24.0 Å². The van der Waals surface area contributed by atoms with Crippen LogP contribution in [-0.2, 0) is 35.4 Å². The average Bonchev–Trinajstić information content (AvgIpc) is 2.96. The van der Waals surface area contributed by atoms with Gasteiger partial charge in [0.05, 0.1) is 0 Å². The molecule has 2 N–H and O–H groups in total. The lowest BCUT2D eigenvalue weighted by Gasteiger charge is -2.19. The Bertz CT molecular complexity index is 718. The van der Waals surface area contributed by atoms with E-state index in [0.717, 1.165) is 0 Å². The summed E-state index contributed by atoms with van der Waals surface area (Å²) in [7, 11) is 0. The summed E-state index contributed by atoms with van der Waals surface area (Å²) in [5, 5.41) is 11.3. The first-order chi connectivity index (χ1) is 12.9. The number of amides is 3. The highest BCUT2D eigenvalue weighted by Gasteiger charge is 2.35. The monoisotopic (exact) mass is 378 g/mol. The van der Waals surface area contributed by atoms with Crippen LogP contribution in [0.2, 0.25) is 0 Å². The van der Waals surface area contributed by atoms with E-state index in [1.165, 1.54) is 0 Å². The molecular weight excluding hydrogens is 360 g/mol. The Morgan fingerprint density at radius 3 is 2.33 bits per heavy atom. The molecule has 1 aliphatic heterocycles. The van der Waals surface area contributed by atoms with Gasteiger partial charge in [0.25, 0.3) is 11.8 Å². The second kappa shape index (κ2) is 9.32. The van der Waals surface area contributed by atoms with E-state index in [2.05, 4.69) is 5.32 Å². The number of carbonyl (C=O) groups excluding carboxylic acids is 4. The number of hydroxylamine groups is 2. The molecular formula is C17H18N2O8. The van der Waals surface area contributed by atoms with E-state index in [0.29, 0.717) is 10.6 Å². The zero-order valence-electron chi connectivity index (χ0n) is 14.3. The van der Waals surface area contributed by atoms with E-state index in [1.807, 2.05) is 0 Å². The molecule has 27 heavy (non-hydrogen) atoms. The Morgan fingerprint density at radius 1 is 1.11 bits per heavy atom. The zero-order chi connectivity index (χ0) is 19.8. The largest absolute Gasteiger partial charge is 0.481 e. The van der Waals surface area contributed by atoms with Crippen LogP contribution >= 0.6 is 0 Å². The molecule has 1 aromatic carbocycles. The van der Waals surface area contributed by atoms with Crippen LogP contribution in [-0.4, -0.2) is 46.1 Å². The number of aliphatic carboxylic acids is 1. The molecule has 0 radical (unpaired) electrons. The number of carboxylic acids is 1. The predicted octanol–water partition coefficient (Wildman–Crippen LogP) is 0.753. The van der Waals surface area contributed by atoms with E-state index in [-0.39, 0.29) is 25.9 Å². The zero-order valence-corrected chi connectivity index (χ0v) is 14.3. The van der Waals surface area contributed by atoms with Gasteiger partial charge in [-0.3, -0.25) is 14.4 Å². The lowest BCUT2D eigenvalue weighted by atomic mass is 10.1. The molecule has 144 valence electrons. The number of benzene rings is 1. The molecule has 1 aliphatic rings. The molecule has 1 saturated heterocycles. The highest BCUT2D eigenvalue weighted by atomic mass is 16.7. The Balaban J connectivity index is 1.94. The molecule has 0 bridgehead atoms. The minimum Gasteiger partial charge on any atom is -0.481 e. The molecule has 1 aromatic rings. The Labute approximate surface area is 154 Å². The second-order valence-electron chi connectivity index (χ2n) is 5.68. The topological polar surface area (TPSA) is 139 Å². The van der Waals surface area contributed by atoms with Crippen molar-refractivity contribution in [2.45, 2.75) is 38.3 Å². The van der Waals surface area contributed by atoms with E-state index in [4.69, 9.17) is 14.7 Å². The summed E-state index contributed by atoms with van der Waals surface area (Å²) in [4.78, 5) is 62.6. The number of nitrogens with zero attached hydrogens (tertiary/aromatic N) is 1. The molecule has 0 spiro atoms. The number of rotatable bonds is 8. The molecule has 0 aromatic heterocycles. The number of alkyl carbamates (subject to hydrolysis) is 1. The van der Waals surface area contributed by atoms with Gasteiger partial charge < -0.3 is 20.0 Å². The number of nitrogens with one attached hydrogen (secondary N) is 1. The summed E-state index contributed by atoms with van der Waals surface area (Å²) < 4.78 is 4.98. The van der Waals surface area contributed by atoms with Crippen molar-refractivity contribution in [1.82, 2.24) is 10.4 Å². The SMILES string of the molecule is O=C(O)CC[C@H](NC(=O)OCc1ccccc1)C(=O)ON1C(=O)CCC1=O. The van der Waals surface area contributed by atoms with E-state index < -0.39 is 42.3 Å². The summed E-state index contributed by atoms with van der Waals surface area (Å²) in [6.07, 6.45) is -1.88. The van der Waals surface area contributed by atoms with Gasteiger partial charge >= 0.3 is 18.0 Å². The lowest BCUT2D eigenvalue weighted by Crippen LogP contribution is -2.45. The van der Waals surface area contributed by atoms with Crippen molar-refractivity contribution >= 4 is 29.8 Å². The van der Waals surface area contributed by atoms with Crippen molar-refractivity contribution in [3.8, 4) is 0 Å². The molecule has 10 nitrogen and oxygen atoms in total. The molecule has 3 amide bonds. The third-order valence-corrected chi connectivity index (χ3v) is 3.62. The predicted molar refractivity (Wildman–Crippen MR) is 87.6 cm³/mol. The van der Waals surface area contributed by atoms with Crippen LogP contribution in [0.4, 0.5) is 4.79 Å². The van der Waals surface area contributed by atoms with Gasteiger partial charge in [-0.1, -0.05) is 30.3 Å². The van der Waals surface area contributed by atoms with Crippen LogP contribution in [0, 0.1) is 0 Å². The van der Waals surface area contributed by atoms with Crippen LogP contribution in [0.25, 0.3) is 0 Å². The number of imide groups is 1. The number of hydrogen-bond donors (Lipinski definition) is 2. The molecule has 0 saturated carbocycles. The molecule has 1 atom stereocenters. The Morgan fingerprint density at radius 2 is 1.74 bits per heavy atom. The minimum atomic E-state index is -1.40. The van der Waals surface area contributed by atoms with Crippen LogP contribution in [0.15, 0.2) is 30.3 Å². The van der Waals surface area contributed by atoms with Gasteiger partial charge in [-0.15, -0.1) is 5.06 Å². The maximum absolute atomic E-state index is 12.2. The fraction of sp³-hybridized carbons (Fsp3) is 0.353. The minimum absolute atomic E-state index is 0.0591. The molecule has 0 aliphatic carbocycles. The van der Waals surface area contributed by atoms with Gasteiger partial charge in [-0.25, -0.2) is 9.59 Å². The van der Waals surface area contributed by atoms with Gasteiger partial charge in [-0.2, -0.15) is 0 Å². The van der Waals surface area contributed by atoms with Gasteiger partial charge in [0.15, 0.2) is 0 Å². The van der Waals surface area contributed by atoms with Crippen molar-refractivity contribution < 1.29 is 38.7 Å². The first-order valence-corrected chi connectivity index (χ1v) is 8.13. The quantitative estimate of drug-likeness (QED) is 0.632. The normalized spacial score (nSPS) is 14.6. The highest BCUT2D eigenvalue weighted by molar-refractivity contribution is 6.01. The van der Waals surface area contributed by atoms with E-state index >= 15 is 0 Å². The number of hydrogen-bond acceptors (Lipinski definition) is 7. The summed E-state index contributed by atoms with van der Waals surface area (Å²) in [5.74, 6) is -3.69. The first kappa shape index (κ1) is 19.9. The Hall–Kier alpha value is -3.43. The third kappa shape index (κ3) is 6.10. The highest BCUT2D eigenvalue weighted by Crippen LogP contribution is 2.14. The maximum atomic E-state index is 12.2. The van der Waals surface area contributed by atoms with E-state index in [1.54, 1.807) is 30.3 Å². The van der Waals surface area contributed by atoms with Gasteiger partial charge in [0.2, 0.25) is 0 Å². The smallest absolute Gasteiger partial charge is 0.408 e. The molecule has 10 heteroatoms. The van der Waals surface area contributed by atoms with Crippen LogP contribution in [0.5, 0.6) is 0 Å². The molecule has 2 rings (SSSR count). The maximum Gasteiger partial charge on any atom is 0.408 e. The summed E-state index contributed by atoms with van der Waals surface area (Å²) in [6, 6.07) is 7.37. The molecule has 0 unspecified atom stereocenters. The Kier molecular flexibility index (Phi) is 6.86.